The molecular weight excluding hydrogens is 534 g/mol. The van der Waals surface area contributed by atoms with E-state index < -0.39 is 0 Å². The first-order valence-corrected chi connectivity index (χ1v) is 13.8. The molecule has 4 aromatic heterocycles. The molecule has 4 heterocycles. The van der Waals surface area contributed by atoms with Gasteiger partial charge in [0.15, 0.2) is 0 Å². The van der Waals surface area contributed by atoms with Crippen molar-refractivity contribution in [1.82, 2.24) is 24.7 Å². The highest BCUT2D eigenvalue weighted by molar-refractivity contribution is 7.17. The third kappa shape index (κ3) is 5.59. The highest BCUT2D eigenvalue weighted by Gasteiger charge is 2.19. The molecule has 41 heavy (non-hydrogen) atoms. The van der Waals surface area contributed by atoms with Crippen LogP contribution in [-0.2, 0) is 13.0 Å². The van der Waals surface area contributed by atoms with Gasteiger partial charge in [-0.3, -0.25) is 19.9 Å². The molecular formula is C31H25N7O2S. The number of anilines is 2. The van der Waals surface area contributed by atoms with Crippen LogP contribution in [0.25, 0.3) is 21.5 Å². The molecule has 0 aliphatic rings. The largest absolute Gasteiger partial charge is 0.311 e. The van der Waals surface area contributed by atoms with Crippen molar-refractivity contribution >= 4 is 45.8 Å². The molecule has 0 atom stereocenters. The molecule has 202 valence electrons. The lowest BCUT2D eigenvalue weighted by molar-refractivity contribution is 0.0991. The molecule has 9 nitrogen and oxygen atoms in total. The first-order chi connectivity index (χ1) is 20.1. The van der Waals surface area contributed by atoms with Crippen molar-refractivity contribution in [2.24, 2.45) is 0 Å². The SMILES string of the molecule is CN(C(=O)c1ccccc1)c1ccc2c(c1)nc(NC(=O)c1ccc(-c3ccnnc3)s1)n2CCc1cccnc1. The topological polar surface area (TPSA) is 106 Å². The van der Waals surface area contributed by atoms with Crippen LogP contribution in [0.3, 0.4) is 0 Å². The summed E-state index contributed by atoms with van der Waals surface area (Å²) in [6.45, 7) is 0.578. The van der Waals surface area contributed by atoms with Gasteiger partial charge in [-0.1, -0.05) is 24.3 Å². The van der Waals surface area contributed by atoms with Crippen LogP contribution in [0.15, 0.2) is 104 Å². The second-order valence-corrected chi connectivity index (χ2v) is 10.4. The van der Waals surface area contributed by atoms with Gasteiger partial charge in [0.2, 0.25) is 5.95 Å². The first kappa shape index (κ1) is 26.0. The Labute approximate surface area is 240 Å². The van der Waals surface area contributed by atoms with Crippen LogP contribution < -0.4 is 10.2 Å². The van der Waals surface area contributed by atoms with Gasteiger partial charge in [0.1, 0.15) is 0 Å². The van der Waals surface area contributed by atoms with Gasteiger partial charge >= 0.3 is 0 Å². The van der Waals surface area contributed by atoms with E-state index in [4.69, 9.17) is 4.98 Å². The quantitative estimate of drug-likeness (QED) is 0.256. The van der Waals surface area contributed by atoms with Crippen LogP contribution in [0.2, 0.25) is 0 Å². The monoisotopic (exact) mass is 559 g/mol. The van der Waals surface area contributed by atoms with Crippen LogP contribution in [0.4, 0.5) is 11.6 Å². The smallest absolute Gasteiger partial charge is 0.268 e. The summed E-state index contributed by atoms with van der Waals surface area (Å²) >= 11 is 1.37. The van der Waals surface area contributed by atoms with Gasteiger partial charge < -0.3 is 9.47 Å². The summed E-state index contributed by atoms with van der Waals surface area (Å²) in [6, 6.07) is 24.3. The number of carbonyl (C=O) groups excluding carboxylic acids is 2. The molecule has 0 unspecified atom stereocenters. The number of nitrogens with zero attached hydrogens (tertiary/aromatic N) is 6. The lowest BCUT2D eigenvalue weighted by Crippen LogP contribution is -2.26. The van der Waals surface area contributed by atoms with Crippen molar-refractivity contribution in [1.29, 1.82) is 0 Å². The summed E-state index contributed by atoms with van der Waals surface area (Å²) in [6.07, 6.45) is 7.57. The standard InChI is InChI=1S/C31H25N7O2S/c1-37(30(40)22-7-3-2-4-8-22)24-9-10-26-25(18-24)35-31(38(26)17-14-21-6-5-15-32-19-21)36-29(39)28-12-11-27(41-28)23-13-16-33-34-20-23/h2-13,15-16,18-20H,14,17H2,1H3,(H,35,36,39). The van der Waals surface area contributed by atoms with E-state index >= 15 is 0 Å². The molecule has 0 aliphatic carbocycles. The highest BCUT2D eigenvalue weighted by atomic mass is 32.1. The number of pyridine rings is 1. The molecule has 10 heteroatoms. The van der Waals surface area contributed by atoms with Crippen LogP contribution >= 0.6 is 11.3 Å². The normalized spacial score (nSPS) is 11.0. The number of fused-ring (bicyclic) bond motifs is 1. The number of rotatable bonds is 8. The van der Waals surface area contributed by atoms with Gasteiger partial charge in [-0.2, -0.15) is 10.2 Å². The average Bonchev–Trinajstić information content (AvgIpc) is 3.65. The van der Waals surface area contributed by atoms with Gasteiger partial charge in [0.25, 0.3) is 11.8 Å². The zero-order valence-electron chi connectivity index (χ0n) is 22.1. The molecule has 0 fully saturated rings. The van der Waals surface area contributed by atoms with Gasteiger partial charge in [-0.15, -0.1) is 11.3 Å². The molecule has 0 aliphatic heterocycles. The van der Waals surface area contributed by atoms with Gasteiger partial charge in [0, 0.05) is 47.7 Å². The fraction of sp³-hybridized carbons (Fsp3) is 0.0968. The summed E-state index contributed by atoms with van der Waals surface area (Å²) < 4.78 is 1.99. The molecule has 6 aromatic rings. The Balaban J connectivity index is 1.31. The van der Waals surface area contributed by atoms with E-state index in [9.17, 15) is 9.59 Å². The predicted octanol–water partition coefficient (Wildman–Crippen LogP) is 5.72. The number of thiophene rings is 1. The molecule has 2 aromatic carbocycles. The maximum absolute atomic E-state index is 13.3. The molecule has 1 N–H and O–H groups in total. The zero-order chi connectivity index (χ0) is 28.2. The number of amides is 2. The lowest BCUT2D eigenvalue weighted by Gasteiger charge is -2.17. The molecule has 0 saturated heterocycles. The number of aryl methyl sites for hydroxylation is 2. The summed E-state index contributed by atoms with van der Waals surface area (Å²) in [5.41, 5.74) is 4.80. The minimum atomic E-state index is -0.252. The summed E-state index contributed by atoms with van der Waals surface area (Å²) in [4.78, 5) is 38.5. The van der Waals surface area contributed by atoms with E-state index in [1.54, 1.807) is 48.7 Å². The minimum absolute atomic E-state index is 0.118. The second-order valence-electron chi connectivity index (χ2n) is 9.35. The molecule has 6 rings (SSSR count). The Morgan fingerprint density at radius 1 is 0.927 bits per heavy atom. The summed E-state index contributed by atoms with van der Waals surface area (Å²) in [5.74, 6) is 0.0637. The highest BCUT2D eigenvalue weighted by Crippen LogP contribution is 2.29. The van der Waals surface area contributed by atoms with Crippen LogP contribution in [-0.4, -0.2) is 43.6 Å². The molecule has 0 bridgehead atoms. The molecule has 0 spiro atoms. The first-order valence-electron chi connectivity index (χ1n) is 13.0. The number of carbonyl (C=O) groups is 2. The van der Waals surface area contributed by atoms with Crippen molar-refractivity contribution in [3.8, 4) is 10.4 Å². The minimum Gasteiger partial charge on any atom is -0.311 e. The Morgan fingerprint density at radius 2 is 1.80 bits per heavy atom. The van der Waals surface area contributed by atoms with Crippen molar-refractivity contribution in [2.75, 3.05) is 17.3 Å². The van der Waals surface area contributed by atoms with Crippen LogP contribution in [0.5, 0.6) is 0 Å². The van der Waals surface area contributed by atoms with E-state index in [0.717, 1.165) is 21.5 Å². The Bertz CT molecular complexity index is 1820. The van der Waals surface area contributed by atoms with Crippen molar-refractivity contribution in [2.45, 2.75) is 13.0 Å². The second kappa shape index (κ2) is 11.5. The van der Waals surface area contributed by atoms with Crippen LogP contribution in [0, 0.1) is 0 Å². The number of nitrogens with one attached hydrogen (secondary N) is 1. The Morgan fingerprint density at radius 3 is 2.59 bits per heavy atom. The average molecular weight is 560 g/mol. The van der Waals surface area contributed by atoms with E-state index in [2.05, 4.69) is 20.5 Å². The molecule has 0 saturated carbocycles. The number of aromatic nitrogens is 5. The van der Waals surface area contributed by atoms with E-state index in [1.807, 2.05) is 71.4 Å². The van der Waals surface area contributed by atoms with Gasteiger partial charge in [-0.05, 0) is 66.6 Å². The van der Waals surface area contributed by atoms with Crippen molar-refractivity contribution in [3.63, 3.8) is 0 Å². The third-order valence-corrected chi connectivity index (χ3v) is 7.85. The Hall–Kier alpha value is -5.22. The van der Waals surface area contributed by atoms with E-state index in [1.165, 1.54) is 11.3 Å². The number of benzene rings is 2. The zero-order valence-corrected chi connectivity index (χ0v) is 23.0. The maximum atomic E-state index is 13.3. The van der Waals surface area contributed by atoms with E-state index in [-0.39, 0.29) is 11.8 Å². The van der Waals surface area contributed by atoms with Crippen molar-refractivity contribution < 1.29 is 9.59 Å². The Kier molecular flexibility index (Phi) is 7.29. The fourth-order valence-corrected chi connectivity index (χ4v) is 5.43. The van der Waals surface area contributed by atoms with Gasteiger partial charge in [0.05, 0.1) is 28.3 Å². The molecule has 2 amide bonds. The van der Waals surface area contributed by atoms with Crippen LogP contribution in [0.1, 0.15) is 25.6 Å². The fourth-order valence-electron chi connectivity index (χ4n) is 4.54. The number of hydrogen-bond donors (Lipinski definition) is 1. The third-order valence-electron chi connectivity index (χ3n) is 6.72. The summed E-state index contributed by atoms with van der Waals surface area (Å²) in [7, 11) is 1.74. The lowest BCUT2D eigenvalue weighted by atomic mass is 10.2. The van der Waals surface area contributed by atoms with Crippen molar-refractivity contribution in [3.05, 3.63) is 120 Å². The number of imidazole rings is 1. The number of hydrogen-bond acceptors (Lipinski definition) is 7. The van der Waals surface area contributed by atoms with E-state index in [0.29, 0.717) is 40.6 Å². The van der Waals surface area contributed by atoms with Gasteiger partial charge in [-0.25, -0.2) is 4.98 Å². The predicted molar refractivity (Wildman–Crippen MR) is 160 cm³/mol. The molecule has 0 radical (unpaired) electrons. The maximum Gasteiger partial charge on any atom is 0.268 e. The summed E-state index contributed by atoms with van der Waals surface area (Å²) in [5, 5.41) is 10.8.